The van der Waals surface area contributed by atoms with Gasteiger partial charge in [-0.1, -0.05) is 6.92 Å². The number of aryl methyl sites for hydroxylation is 1. The molecule has 0 spiro atoms. The van der Waals surface area contributed by atoms with Crippen LogP contribution in [0.2, 0.25) is 0 Å². The molecule has 3 nitrogen and oxygen atoms in total. The normalized spacial score (nSPS) is 17.7. The molecule has 1 aliphatic carbocycles. The van der Waals surface area contributed by atoms with Gasteiger partial charge in [-0.15, -0.1) is 0 Å². The van der Waals surface area contributed by atoms with Crippen LogP contribution < -0.4 is 5.32 Å². The van der Waals surface area contributed by atoms with Crippen molar-refractivity contribution in [3.63, 3.8) is 0 Å². The van der Waals surface area contributed by atoms with E-state index in [0.717, 1.165) is 30.3 Å². The molecule has 3 heteroatoms. The van der Waals surface area contributed by atoms with Gasteiger partial charge in [0.05, 0.1) is 11.4 Å². The van der Waals surface area contributed by atoms with Crippen molar-refractivity contribution >= 4 is 0 Å². The maximum atomic E-state index is 4.41. The Balaban J connectivity index is 2.02. The second-order valence-corrected chi connectivity index (χ2v) is 4.29. The quantitative estimate of drug-likeness (QED) is 0.795. The van der Waals surface area contributed by atoms with Crippen molar-refractivity contribution in [2.24, 2.45) is 5.92 Å². The Kier molecular flexibility index (Phi) is 3.31. The smallest absolute Gasteiger partial charge is 0.0631 e. The van der Waals surface area contributed by atoms with Crippen molar-refractivity contribution in [1.29, 1.82) is 0 Å². The average molecular weight is 205 g/mol. The van der Waals surface area contributed by atoms with Crippen LogP contribution in [0.4, 0.5) is 0 Å². The molecule has 0 aromatic carbocycles. The first kappa shape index (κ1) is 10.6. The zero-order chi connectivity index (χ0) is 10.7. The molecular formula is C12H19N3. The molecular weight excluding hydrogens is 186 g/mol. The summed E-state index contributed by atoms with van der Waals surface area (Å²) in [6.07, 6.45) is 7.32. The predicted molar refractivity (Wildman–Crippen MR) is 60.7 cm³/mol. The van der Waals surface area contributed by atoms with Crippen molar-refractivity contribution < 1.29 is 0 Å². The third kappa shape index (κ3) is 2.75. The lowest BCUT2D eigenvalue weighted by atomic mass is 10.1. The first-order chi connectivity index (χ1) is 7.31. The van der Waals surface area contributed by atoms with E-state index in [4.69, 9.17) is 0 Å². The van der Waals surface area contributed by atoms with Gasteiger partial charge in [-0.05, 0) is 32.2 Å². The maximum Gasteiger partial charge on any atom is 0.0631 e. The fraction of sp³-hybridized carbons (Fsp3) is 0.667. The van der Waals surface area contributed by atoms with Crippen LogP contribution in [0, 0.1) is 12.8 Å². The fourth-order valence-corrected chi connectivity index (χ4v) is 2.01. The fourth-order valence-electron chi connectivity index (χ4n) is 2.01. The second kappa shape index (κ2) is 4.71. The summed E-state index contributed by atoms with van der Waals surface area (Å²) in [5.74, 6) is 0.867. The number of aromatic nitrogens is 2. The van der Waals surface area contributed by atoms with E-state index in [9.17, 15) is 0 Å². The van der Waals surface area contributed by atoms with Crippen molar-refractivity contribution in [1.82, 2.24) is 15.3 Å². The monoisotopic (exact) mass is 205 g/mol. The molecule has 2 rings (SSSR count). The summed E-state index contributed by atoms with van der Waals surface area (Å²) in [6, 6.07) is 0.602. The maximum absolute atomic E-state index is 4.41. The summed E-state index contributed by atoms with van der Waals surface area (Å²) < 4.78 is 0. The van der Waals surface area contributed by atoms with Gasteiger partial charge in [0.15, 0.2) is 0 Å². The van der Waals surface area contributed by atoms with Crippen LogP contribution in [0.3, 0.4) is 0 Å². The zero-order valence-corrected chi connectivity index (χ0v) is 9.53. The third-order valence-electron chi connectivity index (χ3n) is 3.05. The molecule has 1 saturated carbocycles. The van der Waals surface area contributed by atoms with Crippen LogP contribution in [0.25, 0.3) is 0 Å². The van der Waals surface area contributed by atoms with Gasteiger partial charge in [0, 0.05) is 24.9 Å². The zero-order valence-electron chi connectivity index (χ0n) is 9.53. The van der Waals surface area contributed by atoms with E-state index >= 15 is 0 Å². The highest BCUT2D eigenvalue weighted by atomic mass is 14.9. The molecule has 0 aliphatic heterocycles. The Morgan fingerprint density at radius 2 is 2.13 bits per heavy atom. The van der Waals surface area contributed by atoms with Gasteiger partial charge in [0.1, 0.15) is 0 Å². The molecule has 0 bridgehead atoms. The van der Waals surface area contributed by atoms with Gasteiger partial charge < -0.3 is 5.32 Å². The number of rotatable bonds is 5. The minimum Gasteiger partial charge on any atom is -0.314 e. The summed E-state index contributed by atoms with van der Waals surface area (Å²) >= 11 is 0. The van der Waals surface area contributed by atoms with Crippen LogP contribution in [-0.2, 0) is 6.42 Å². The lowest BCUT2D eigenvalue weighted by Crippen LogP contribution is -2.33. The largest absolute Gasteiger partial charge is 0.314 e. The SMILES string of the molecule is CCNC(Cc1nccnc1C)C1CC1. The lowest BCUT2D eigenvalue weighted by Gasteiger charge is -2.17. The van der Waals surface area contributed by atoms with Crippen LogP contribution in [0.5, 0.6) is 0 Å². The number of likely N-dealkylation sites (N-methyl/N-ethyl adjacent to an activating group) is 1. The van der Waals surface area contributed by atoms with Gasteiger partial charge in [-0.2, -0.15) is 0 Å². The van der Waals surface area contributed by atoms with Crippen LogP contribution in [0.15, 0.2) is 12.4 Å². The highest BCUT2D eigenvalue weighted by Gasteiger charge is 2.31. The average Bonchev–Trinajstić information content (AvgIpc) is 3.04. The molecule has 1 unspecified atom stereocenters. The first-order valence-corrected chi connectivity index (χ1v) is 5.81. The van der Waals surface area contributed by atoms with Crippen molar-refractivity contribution in [2.75, 3.05) is 6.54 Å². The molecule has 1 fully saturated rings. The summed E-state index contributed by atoms with van der Waals surface area (Å²) in [7, 11) is 0. The van der Waals surface area contributed by atoms with E-state index in [2.05, 4.69) is 22.2 Å². The van der Waals surface area contributed by atoms with E-state index in [1.807, 2.05) is 6.92 Å². The van der Waals surface area contributed by atoms with Gasteiger partial charge in [0.25, 0.3) is 0 Å². The molecule has 1 N–H and O–H groups in total. The molecule has 82 valence electrons. The Labute approximate surface area is 91.3 Å². The van der Waals surface area contributed by atoms with Crippen LogP contribution in [0.1, 0.15) is 31.2 Å². The van der Waals surface area contributed by atoms with Gasteiger partial charge in [0.2, 0.25) is 0 Å². The molecule has 0 radical (unpaired) electrons. The van der Waals surface area contributed by atoms with Gasteiger partial charge in [-0.3, -0.25) is 9.97 Å². The molecule has 1 aromatic rings. The van der Waals surface area contributed by atoms with E-state index in [-0.39, 0.29) is 0 Å². The van der Waals surface area contributed by atoms with Crippen molar-refractivity contribution in [3.8, 4) is 0 Å². The standard InChI is InChI=1S/C12H19N3/c1-3-13-12(10-4-5-10)8-11-9(2)14-6-7-15-11/h6-7,10,12-13H,3-5,8H2,1-2H3. The molecule has 0 amide bonds. The van der Waals surface area contributed by atoms with Crippen LogP contribution >= 0.6 is 0 Å². The topological polar surface area (TPSA) is 37.8 Å². The Morgan fingerprint density at radius 1 is 1.40 bits per heavy atom. The molecule has 15 heavy (non-hydrogen) atoms. The number of nitrogens with one attached hydrogen (secondary N) is 1. The highest BCUT2D eigenvalue weighted by Crippen LogP contribution is 2.33. The molecule has 1 heterocycles. The second-order valence-electron chi connectivity index (χ2n) is 4.29. The number of hydrogen-bond acceptors (Lipinski definition) is 3. The Hall–Kier alpha value is -0.960. The number of hydrogen-bond donors (Lipinski definition) is 1. The Morgan fingerprint density at radius 3 is 2.73 bits per heavy atom. The summed E-state index contributed by atoms with van der Waals surface area (Å²) in [5.41, 5.74) is 2.22. The van der Waals surface area contributed by atoms with Crippen molar-refractivity contribution in [2.45, 2.75) is 39.2 Å². The molecule has 1 aromatic heterocycles. The summed E-state index contributed by atoms with van der Waals surface area (Å²) in [6.45, 7) is 5.25. The minimum atomic E-state index is 0.602. The number of nitrogens with zero attached hydrogens (tertiary/aromatic N) is 2. The molecule has 1 atom stereocenters. The Bertz CT molecular complexity index is 320. The summed E-state index contributed by atoms with van der Waals surface area (Å²) in [4.78, 5) is 8.69. The van der Waals surface area contributed by atoms with Crippen LogP contribution in [-0.4, -0.2) is 22.6 Å². The van der Waals surface area contributed by atoms with E-state index in [0.29, 0.717) is 6.04 Å². The van der Waals surface area contributed by atoms with E-state index < -0.39 is 0 Å². The molecule has 1 aliphatic rings. The van der Waals surface area contributed by atoms with E-state index in [1.165, 1.54) is 12.8 Å². The van der Waals surface area contributed by atoms with E-state index in [1.54, 1.807) is 12.4 Å². The predicted octanol–water partition coefficient (Wildman–Crippen LogP) is 1.72. The van der Waals surface area contributed by atoms with Crippen molar-refractivity contribution in [3.05, 3.63) is 23.8 Å². The first-order valence-electron chi connectivity index (χ1n) is 5.81. The minimum absolute atomic E-state index is 0.602. The lowest BCUT2D eigenvalue weighted by molar-refractivity contribution is 0.467. The highest BCUT2D eigenvalue weighted by molar-refractivity contribution is 5.11. The third-order valence-corrected chi connectivity index (χ3v) is 3.05. The van der Waals surface area contributed by atoms with Gasteiger partial charge >= 0.3 is 0 Å². The summed E-state index contributed by atoms with van der Waals surface area (Å²) in [5, 5.41) is 3.55. The molecule has 0 saturated heterocycles. The van der Waals surface area contributed by atoms with Gasteiger partial charge in [-0.25, -0.2) is 0 Å².